The average Bonchev–Trinajstić information content (AvgIpc) is 2.44. The molecule has 0 bridgehead atoms. The second-order valence-corrected chi connectivity index (χ2v) is 4.54. The Morgan fingerprint density at radius 1 is 1.25 bits per heavy atom. The van der Waals surface area contributed by atoms with Gasteiger partial charge < -0.3 is 5.32 Å². The molecule has 0 aliphatic carbocycles. The number of para-hydroxylation sites is 1. The van der Waals surface area contributed by atoms with Crippen LogP contribution in [0.3, 0.4) is 0 Å². The zero-order chi connectivity index (χ0) is 14.5. The highest BCUT2D eigenvalue weighted by Gasteiger charge is 2.11. The lowest BCUT2D eigenvalue weighted by molar-refractivity contribution is -0.115. The summed E-state index contributed by atoms with van der Waals surface area (Å²) in [7, 11) is 0. The zero-order valence-electron chi connectivity index (χ0n) is 10.4. The summed E-state index contributed by atoms with van der Waals surface area (Å²) in [5, 5.41) is 11.3. The van der Waals surface area contributed by atoms with Gasteiger partial charge in [0.15, 0.2) is 0 Å². The van der Waals surface area contributed by atoms with E-state index in [0.717, 1.165) is 5.56 Å². The molecule has 0 spiro atoms. The molecule has 0 radical (unpaired) electrons. The second-order valence-electron chi connectivity index (χ2n) is 4.13. The molecular weight excluding hydrogens is 279 g/mol. The van der Waals surface area contributed by atoms with E-state index in [-0.39, 0.29) is 23.0 Å². The molecule has 0 heterocycles. The summed E-state index contributed by atoms with van der Waals surface area (Å²) < 4.78 is 13.5. The molecule has 1 N–H and O–H groups in total. The van der Waals surface area contributed by atoms with Gasteiger partial charge >= 0.3 is 0 Å². The third-order valence-electron chi connectivity index (χ3n) is 2.67. The number of rotatable bonds is 3. The molecule has 2 aromatic carbocycles. The summed E-state index contributed by atoms with van der Waals surface area (Å²) >= 11 is 5.83. The molecule has 0 saturated carbocycles. The van der Waals surface area contributed by atoms with Crippen molar-refractivity contribution in [2.24, 2.45) is 0 Å². The van der Waals surface area contributed by atoms with Gasteiger partial charge in [-0.05, 0) is 29.8 Å². The maximum Gasteiger partial charge on any atom is 0.228 e. The van der Waals surface area contributed by atoms with E-state index in [0.29, 0.717) is 5.56 Å². The number of anilines is 1. The predicted molar refractivity (Wildman–Crippen MR) is 74.9 cm³/mol. The first-order valence-corrected chi connectivity index (χ1v) is 6.21. The molecule has 1 amide bonds. The van der Waals surface area contributed by atoms with Crippen LogP contribution < -0.4 is 5.32 Å². The first-order valence-electron chi connectivity index (χ1n) is 5.83. The van der Waals surface area contributed by atoms with Crippen LogP contribution in [-0.4, -0.2) is 5.91 Å². The molecule has 0 atom stereocenters. The molecule has 20 heavy (non-hydrogen) atoms. The lowest BCUT2D eigenvalue weighted by Crippen LogP contribution is -2.15. The van der Waals surface area contributed by atoms with Crippen LogP contribution in [0.25, 0.3) is 0 Å². The summed E-state index contributed by atoms with van der Waals surface area (Å²) in [5.74, 6) is -0.951. The van der Waals surface area contributed by atoms with Crippen molar-refractivity contribution >= 4 is 23.2 Å². The molecule has 5 heteroatoms. The lowest BCUT2D eigenvalue weighted by atomic mass is 10.1. The minimum atomic E-state index is -0.578. The number of hydrogen-bond acceptors (Lipinski definition) is 2. The molecule has 2 aromatic rings. The topological polar surface area (TPSA) is 52.9 Å². The van der Waals surface area contributed by atoms with Crippen molar-refractivity contribution in [3.63, 3.8) is 0 Å². The Balaban J connectivity index is 2.07. The van der Waals surface area contributed by atoms with Crippen LogP contribution in [-0.2, 0) is 11.2 Å². The summed E-state index contributed by atoms with van der Waals surface area (Å²) in [5.41, 5.74) is 1.23. The third kappa shape index (κ3) is 3.34. The summed E-state index contributed by atoms with van der Waals surface area (Å²) in [4.78, 5) is 11.8. The van der Waals surface area contributed by atoms with Gasteiger partial charge in [0.25, 0.3) is 0 Å². The van der Waals surface area contributed by atoms with Crippen molar-refractivity contribution in [3.05, 3.63) is 64.4 Å². The highest BCUT2D eigenvalue weighted by atomic mass is 35.5. The second kappa shape index (κ2) is 6.18. The van der Waals surface area contributed by atoms with Gasteiger partial charge in [0.2, 0.25) is 5.91 Å². The van der Waals surface area contributed by atoms with Gasteiger partial charge in [0.1, 0.15) is 5.82 Å². The van der Waals surface area contributed by atoms with Crippen LogP contribution >= 0.6 is 11.6 Å². The number of halogens is 2. The van der Waals surface area contributed by atoms with Crippen molar-refractivity contribution in [2.45, 2.75) is 6.42 Å². The molecule has 0 saturated heterocycles. The Morgan fingerprint density at radius 2 is 1.95 bits per heavy atom. The fraction of sp³-hybridized carbons (Fsp3) is 0.0667. The van der Waals surface area contributed by atoms with Gasteiger partial charge in [-0.3, -0.25) is 4.79 Å². The maximum atomic E-state index is 13.5. The van der Waals surface area contributed by atoms with Gasteiger partial charge in [-0.1, -0.05) is 29.8 Å². The monoisotopic (exact) mass is 288 g/mol. The molecule has 0 aromatic heterocycles. The summed E-state index contributed by atoms with van der Waals surface area (Å²) in [6.45, 7) is 0. The van der Waals surface area contributed by atoms with E-state index in [2.05, 4.69) is 5.32 Å². The lowest BCUT2D eigenvalue weighted by Gasteiger charge is -2.08. The van der Waals surface area contributed by atoms with Gasteiger partial charge in [0, 0.05) is 0 Å². The van der Waals surface area contributed by atoms with Crippen molar-refractivity contribution in [1.82, 2.24) is 0 Å². The van der Waals surface area contributed by atoms with E-state index < -0.39 is 5.82 Å². The van der Waals surface area contributed by atoms with Crippen LogP contribution in [0.15, 0.2) is 42.5 Å². The molecule has 0 aliphatic rings. The minimum Gasteiger partial charge on any atom is -0.322 e. The summed E-state index contributed by atoms with van der Waals surface area (Å²) in [6.07, 6.45) is 0.0797. The molecular formula is C15H10ClFN2O. The average molecular weight is 289 g/mol. The molecule has 0 aliphatic heterocycles. The molecule has 100 valence electrons. The van der Waals surface area contributed by atoms with E-state index in [9.17, 15) is 9.18 Å². The number of nitriles is 1. The van der Waals surface area contributed by atoms with Crippen molar-refractivity contribution in [1.29, 1.82) is 5.26 Å². The SMILES string of the molecule is N#Cc1ccc(CC(=O)Nc2c(F)cccc2Cl)cc1. The van der Waals surface area contributed by atoms with Crippen LogP contribution in [0.2, 0.25) is 5.02 Å². The standard InChI is InChI=1S/C15H10ClFN2O/c16-12-2-1-3-13(17)15(12)19-14(20)8-10-4-6-11(9-18)7-5-10/h1-7H,8H2,(H,19,20). The maximum absolute atomic E-state index is 13.5. The quantitative estimate of drug-likeness (QED) is 0.939. The Hall–Kier alpha value is -2.38. The first kappa shape index (κ1) is 14.0. The normalized spacial score (nSPS) is 9.85. The number of benzene rings is 2. The highest BCUT2D eigenvalue weighted by Crippen LogP contribution is 2.24. The van der Waals surface area contributed by atoms with Gasteiger partial charge in [-0.2, -0.15) is 5.26 Å². The van der Waals surface area contributed by atoms with E-state index in [1.54, 1.807) is 24.3 Å². The van der Waals surface area contributed by atoms with Crippen LogP contribution in [0.5, 0.6) is 0 Å². The van der Waals surface area contributed by atoms with E-state index in [1.807, 2.05) is 6.07 Å². The van der Waals surface area contributed by atoms with E-state index in [4.69, 9.17) is 16.9 Å². The fourth-order valence-electron chi connectivity index (χ4n) is 1.68. The van der Waals surface area contributed by atoms with E-state index in [1.165, 1.54) is 18.2 Å². The van der Waals surface area contributed by atoms with Gasteiger partial charge in [-0.15, -0.1) is 0 Å². The molecule has 0 unspecified atom stereocenters. The first-order chi connectivity index (χ1) is 9.60. The van der Waals surface area contributed by atoms with Crippen LogP contribution in [0.1, 0.15) is 11.1 Å². The van der Waals surface area contributed by atoms with Crippen molar-refractivity contribution in [2.75, 3.05) is 5.32 Å². The number of nitrogens with zero attached hydrogens (tertiary/aromatic N) is 1. The molecule has 3 nitrogen and oxygen atoms in total. The number of hydrogen-bond donors (Lipinski definition) is 1. The van der Waals surface area contributed by atoms with Crippen LogP contribution in [0.4, 0.5) is 10.1 Å². The summed E-state index contributed by atoms with van der Waals surface area (Å²) in [6, 6.07) is 12.8. The highest BCUT2D eigenvalue weighted by molar-refractivity contribution is 6.33. The number of nitrogens with one attached hydrogen (secondary N) is 1. The Bertz CT molecular complexity index is 657. The Labute approximate surface area is 120 Å². The molecule has 2 rings (SSSR count). The zero-order valence-corrected chi connectivity index (χ0v) is 11.1. The Morgan fingerprint density at radius 3 is 2.55 bits per heavy atom. The van der Waals surface area contributed by atoms with Crippen molar-refractivity contribution in [3.8, 4) is 6.07 Å². The largest absolute Gasteiger partial charge is 0.322 e. The van der Waals surface area contributed by atoms with Gasteiger partial charge in [0.05, 0.1) is 28.8 Å². The van der Waals surface area contributed by atoms with Gasteiger partial charge in [-0.25, -0.2) is 4.39 Å². The van der Waals surface area contributed by atoms with E-state index >= 15 is 0 Å². The number of carbonyl (C=O) groups excluding carboxylic acids is 1. The van der Waals surface area contributed by atoms with Crippen molar-refractivity contribution < 1.29 is 9.18 Å². The third-order valence-corrected chi connectivity index (χ3v) is 2.99. The number of carbonyl (C=O) groups is 1. The smallest absolute Gasteiger partial charge is 0.228 e. The minimum absolute atomic E-state index is 0.0205. The predicted octanol–water partition coefficient (Wildman–Crippen LogP) is 3.53. The van der Waals surface area contributed by atoms with Crippen LogP contribution in [0, 0.1) is 17.1 Å². The Kier molecular flexibility index (Phi) is 4.34. The molecule has 0 fully saturated rings. The fourth-order valence-corrected chi connectivity index (χ4v) is 1.89. The number of amides is 1.